The van der Waals surface area contributed by atoms with Gasteiger partial charge in [-0.05, 0) is 71.9 Å². The van der Waals surface area contributed by atoms with E-state index in [2.05, 4.69) is 20.8 Å². The van der Waals surface area contributed by atoms with Crippen LogP contribution in [0.1, 0.15) is 104 Å². The molecule has 0 aliphatic carbocycles. The summed E-state index contributed by atoms with van der Waals surface area (Å²) in [5, 5.41) is 7.42. The van der Waals surface area contributed by atoms with Gasteiger partial charge >= 0.3 is 0 Å². The summed E-state index contributed by atoms with van der Waals surface area (Å²) in [5.41, 5.74) is 4.23. The van der Waals surface area contributed by atoms with Gasteiger partial charge < -0.3 is 5.11 Å². The van der Waals surface area contributed by atoms with Gasteiger partial charge in [0.05, 0.1) is 9.79 Å². The van der Waals surface area contributed by atoms with E-state index in [0.29, 0.717) is 16.0 Å². The number of carbonyl (C=O) groups excluding carboxylic acids is 1. The van der Waals surface area contributed by atoms with Crippen LogP contribution in [0.4, 0.5) is 19.9 Å². The van der Waals surface area contributed by atoms with Gasteiger partial charge in [0.2, 0.25) is 22.4 Å². The molecular formula is C30H49F5O4S2. The molecule has 0 fully saturated rings. The molecule has 1 unspecified atom stereocenters. The van der Waals surface area contributed by atoms with Crippen molar-refractivity contribution in [2.24, 2.45) is 0 Å². The van der Waals surface area contributed by atoms with Gasteiger partial charge in [-0.25, -0.2) is 4.21 Å². The largest absolute Gasteiger partial charge is 0.481 e. The number of carboxylic acids is 1. The number of rotatable bonds is 2. The third kappa shape index (κ3) is 18.0. The third-order valence-corrected chi connectivity index (χ3v) is 7.12. The molecule has 4 nitrogen and oxygen atoms in total. The molecule has 11 heteroatoms. The molecule has 0 saturated carbocycles. The van der Waals surface area contributed by atoms with Gasteiger partial charge in [0.1, 0.15) is 0 Å². The van der Waals surface area contributed by atoms with Crippen molar-refractivity contribution >= 4 is 34.4 Å². The lowest BCUT2D eigenvalue weighted by Crippen LogP contribution is -2.12. The normalized spacial score (nSPS) is 11.8. The Hall–Kier alpha value is -2.27. The summed E-state index contributed by atoms with van der Waals surface area (Å²) in [4.78, 5) is 17.7. The Balaban J connectivity index is -0.000000255. The van der Waals surface area contributed by atoms with Crippen LogP contribution >= 0.6 is 11.2 Å². The van der Waals surface area contributed by atoms with Crippen LogP contribution in [-0.2, 0) is 31.6 Å². The van der Waals surface area contributed by atoms with Crippen molar-refractivity contribution in [2.75, 3.05) is 0 Å². The number of hydrogen-bond donors (Lipinski definition) is 1. The summed E-state index contributed by atoms with van der Waals surface area (Å²) in [6.45, 7) is 20.9. The lowest BCUT2D eigenvalue weighted by molar-refractivity contribution is -0.134. The molecule has 0 aliphatic heterocycles. The van der Waals surface area contributed by atoms with E-state index >= 15 is 0 Å². The van der Waals surface area contributed by atoms with Gasteiger partial charge in [-0.15, -0.1) is 15.5 Å². The molecule has 1 N–H and O–H groups in total. The maximum absolute atomic E-state index is 12.9. The molecule has 0 radical (unpaired) electrons. The first kappa shape index (κ1) is 45.7. The molecule has 0 spiro atoms. The molecule has 0 aromatic heterocycles. The van der Waals surface area contributed by atoms with Crippen LogP contribution in [0.5, 0.6) is 0 Å². The first-order valence-corrected chi connectivity index (χ1v) is 14.2. The van der Waals surface area contributed by atoms with Crippen LogP contribution in [0.25, 0.3) is 0 Å². The van der Waals surface area contributed by atoms with E-state index in [1.807, 2.05) is 32.9 Å². The van der Waals surface area contributed by atoms with E-state index in [-0.39, 0.29) is 25.7 Å². The standard InChI is InChI=1S/C12H17F3S.C12H17FOS.C2H3FO.C2H4O2.2CH4/c1-8-6-10(12(3,4)5)7-9(2)11(8)16(13,14)15;1-8-6-10(12(3,4)5)7-9(2)11(8)15(13)14;2*1-2(3)4;;/h6-7H,1-5H3;6-7H,1-5H3;1H3;1H3,(H,3,4);2*1H4. The molecule has 41 heavy (non-hydrogen) atoms. The van der Waals surface area contributed by atoms with E-state index in [9.17, 15) is 24.1 Å². The van der Waals surface area contributed by atoms with Crippen molar-refractivity contribution in [3.05, 3.63) is 57.6 Å². The number of benzene rings is 2. The van der Waals surface area contributed by atoms with Crippen molar-refractivity contribution in [3.63, 3.8) is 0 Å². The highest BCUT2D eigenvalue weighted by Gasteiger charge is 2.30. The molecule has 240 valence electrons. The third-order valence-electron chi connectivity index (χ3n) is 5.04. The number of aryl methyl sites for hydroxylation is 4. The Morgan fingerprint density at radius 1 is 0.732 bits per heavy atom. The monoisotopic (exact) mass is 632 g/mol. The Labute approximate surface area is 249 Å². The molecule has 2 aromatic rings. The first-order valence-electron chi connectivity index (χ1n) is 11.8. The van der Waals surface area contributed by atoms with Crippen LogP contribution in [0.15, 0.2) is 34.1 Å². The number of hydrogen-bond acceptors (Lipinski definition) is 3. The zero-order chi connectivity index (χ0) is 31.7. The highest BCUT2D eigenvalue weighted by molar-refractivity contribution is 8.21. The minimum atomic E-state index is -5.13. The van der Waals surface area contributed by atoms with Crippen LogP contribution in [0, 0.1) is 27.7 Å². The van der Waals surface area contributed by atoms with Crippen LogP contribution in [0.2, 0.25) is 0 Å². The highest BCUT2D eigenvalue weighted by atomic mass is 32.3. The number of carbonyl (C=O) groups is 2. The van der Waals surface area contributed by atoms with Gasteiger partial charge in [-0.3, -0.25) is 9.59 Å². The lowest BCUT2D eigenvalue weighted by Gasteiger charge is -2.23. The van der Waals surface area contributed by atoms with Crippen molar-refractivity contribution in [3.8, 4) is 0 Å². The molecule has 2 rings (SSSR count). The lowest BCUT2D eigenvalue weighted by atomic mass is 9.85. The van der Waals surface area contributed by atoms with Gasteiger partial charge in [-0.2, -0.15) is 4.39 Å². The van der Waals surface area contributed by atoms with E-state index in [1.165, 1.54) is 13.8 Å². The van der Waals surface area contributed by atoms with E-state index < -0.39 is 39.3 Å². The summed E-state index contributed by atoms with van der Waals surface area (Å²) in [5.74, 6) is -0.833. The summed E-state index contributed by atoms with van der Waals surface area (Å²) in [6.07, 6.45) is 0. The molecule has 0 saturated heterocycles. The topological polar surface area (TPSA) is 71.4 Å². The fourth-order valence-corrected chi connectivity index (χ4v) is 4.86. The zero-order valence-corrected chi connectivity index (χ0v) is 26.3. The number of carboxylic acid groups (broad SMARTS) is 1. The second kappa shape index (κ2) is 18.3. The van der Waals surface area contributed by atoms with Gasteiger partial charge in [0, 0.05) is 13.8 Å². The fourth-order valence-electron chi connectivity index (χ4n) is 3.38. The quantitative estimate of drug-likeness (QED) is 0.264. The van der Waals surface area contributed by atoms with Crippen molar-refractivity contribution in [2.45, 2.75) is 119 Å². The van der Waals surface area contributed by atoms with E-state index in [1.54, 1.807) is 26.0 Å². The minimum absolute atomic E-state index is 0. The van der Waals surface area contributed by atoms with Crippen molar-refractivity contribution < 1.29 is 38.8 Å². The minimum Gasteiger partial charge on any atom is -0.481 e. The number of halogens is 5. The predicted molar refractivity (Wildman–Crippen MR) is 164 cm³/mol. The average Bonchev–Trinajstić information content (AvgIpc) is 2.63. The highest BCUT2D eigenvalue weighted by Crippen LogP contribution is 2.63. The molecule has 2 aromatic carbocycles. The molecule has 0 amide bonds. The first-order chi connectivity index (χ1) is 17.2. The Morgan fingerprint density at radius 2 is 0.951 bits per heavy atom. The summed E-state index contributed by atoms with van der Waals surface area (Å²) in [7, 11) is 0. The Bertz CT molecular complexity index is 1100. The smallest absolute Gasteiger partial charge is 0.300 e. The van der Waals surface area contributed by atoms with Crippen LogP contribution in [0.3, 0.4) is 0 Å². The van der Waals surface area contributed by atoms with Gasteiger partial charge in [0.15, 0.2) is 0 Å². The average molecular weight is 633 g/mol. The second-order valence-electron chi connectivity index (χ2n) is 11.0. The summed E-state index contributed by atoms with van der Waals surface area (Å²) >= 11 is -7.51. The number of aliphatic carboxylic acids is 1. The van der Waals surface area contributed by atoms with Gasteiger partial charge in [-0.1, -0.05) is 80.7 Å². The Kier molecular flexibility index (Phi) is 20.4. The van der Waals surface area contributed by atoms with Crippen LogP contribution in [-0.4, -0.2) is 21.3 Å². The van der Waals surface area contributed by atoms with Crippen molar-refractivity contribution in [1.29, 1.82) is 0 Å². The molecule has 1 atom stereocenters. The molecular weight excluding hydrogens is 583 g/mol. The van der Waals surface area contributed by atoms with E-state index in [0.717, 1.165) is 36.1 Å². The second-order valence-corrected chi connectivity index (χ2v) is 13.1. The zero-order valence-electron chi connectivity index (χ0n) is 24.7. The predicted octanol–water partition coefficient (Wildman–Crippen LogP) is 10.9. The molecule has 0 aliphatic rings. The molecule has 0 heterocycles. The van der Waals surface area contributed by atoms with Crippen molar-refractivity contribution in [1.82, 2.24) is 0 Å². The maximum atomic E-state index is 12.9. The van der Waals surface area contributed by atoms with E-state index in [4.69, 9.17) is 14.7 Å². The maximum Gasteiger partial charge on any atom is 0.300 e. The fraction of sp³-hybridized carbons (Fsp3) is 0.533. The summed E-state index contributed by atoms with van der Waals surface area (Å²) in [6, 6.07) is 5.81. The Morgan fingerprint density at radius 3 is 1.12 bits per heavy atom. The SMILES string of the molecule is C.C.CC(=O)F.CC(=O)O.Cc1cc(C(C)(C)C)cc(C)c1S(=O)F.Cc1cc(C(C)(C)C)cc(C)c1S(F)(F)F. The van der Waals surface area contributed by atoms with Gasteiger partial charge in [0.25, 0.3) is 12.0 Å². The summed E-state index contributed by atoms with van der Waals surface area (Å²) < 4.78 is 72.6. The van der Waals surface area contributed by atoms with Crippen LogP contribution < -0.4 is 0 Å². The molecule has 0 bridgehead atoms.